The van der Waals surface area contributed by atoms with Gasteiger partial charge in [0, 0.05) is 32.0 Å². The molecule has 2 aliphatic rings. The third-order valence-electron chi connectivity index (χ3n) is 4.49. The second kappa shape index (κ2) is 10.0. The molecule has 2 unspecified atom stereocenters. The first-order valence-corrected chi connectivity index (χ1v) is 8.05. The SMILES string of the molecule is Cl.NCC1CCCCC1NC(=O)CCC(=O)N1CCOCC1. The lowest BCUT2D eigenvalue weighted by Crippen LogP contribution is -2.45. The smallest absolute Gasteiger partial charge is 0.223 e. The minimum atomic E-state index is -0.0260. The van der Waals surface area contributed by atoms with Gasteiger partial charge in [-0.25, -0.2) is 0 Å². The van der Waals surface area contributed by atoms with Crippen LogP contribution in [0.3, 0.4) is 0 Å². The minimum absolute atomic E-state index is 0. The van der Waals surface area contributed by atoms with Crippen molar-refractivity contribution in [3.05, 3.63) is 0 Å². The Balaban J connectivity index is 0.00000242. The molecule has 128 valence electrons. The molecule has 7 heteroatoms. The molecule has 1 aliphatic carbocycles. The van der Waals surface area contributed by atoms with Crippen molar-refractivity contribution in [2.75, 3.05) is 32.8 Å². The Bertz CT molecular complexity index is 362. The summed E-state index contributed by atoms with van der Waals surface area (Å²) in [4.78, 5) is 25.8. The Morgan fingerprint density at radius 2 is 1.82 bits per heavy atom. The molecule has 1 heterocycles. The summed E-state index contributed by atoms with van der Waals surface area (Å²) in [5, 5.41) is 3.06. The van der Waals surface area contributed by atoms with Crippen molar-refractivity contribution < 1.29 is 14.3 Å². The molecule has 0 spiro atoms. The van der Waals surface area contributed by atoms with Gasteiger partial charge < -0.3 is 20.7 Å². The van der Waals surface area contributed by atoms with Gasteiger partial charge in [0.15, 0.2) is 0 Å². The number of carbonyl (C=O) groups is 2. The number of nitrogens with two attached hydrogens (primary N) is 1. The maximum absolute atomic E-state index is 12.0. The fourth-order valence-electron chi connectivity index (χ4n) is 3.15. The number of morpholine rings is 1. The molecule has 2 atom stereocenters. The van der Waals surface area contributed by atoms with Crippen LogP contribution in [-0.2, 0) is 14.3 Å². The lowest BCUT2D eigenvalue weighted by atomic mass is 9.84. The number of halogens is 1. The van der Waals surface area contributed by atoms with Gasteiger partial charge in [0.2, 0.25) is 11.8 Å². The lowest BCUT2D eigenvalue weighted by molar-refractivity contribution is -0.137. The van der Waals surface area contributed by atoms with E-state index in [0.29, 0.717) is 38.8 Å². The Labute approximate surface area is 138 Å². The number of nitrogens with zero attached hydrogens (tertiary/aromatic N) is 1. The van der Waals surface area contributed by atoms with Crippen molar-refractivity contribution in [3.63, 3.8) is 0 Å². The second-order valence-electron chi connectivity index (χ2n) is 5.95. The third-order valence-corrected chi connectivity index (χ3v) is 4.49. The molecular formula is C15H28ClN3O3. The van der Waals surface area contributed by atoms with Crippen molar-refractivity contribution >= 4 is 24.2 Å². The van der Waals surface area contributed by atoms with E-state index >= 15 is 0 Å². The van der Waals surface area contributed by atoms with Crippen molar-refractivity contribution in [3.8, 4) is 0 Å². The van der Waals surface area contributed by atoms with Crippen molar-refractivity contribution in [2.24, 2.45) is 11.7 Å². The molecule has 0 aromatic carbocycles. The third kappa shape index (κ3) is 5.74. The van der Waals surface area contributed by atoms with Gasteiger partial charge >= 0.3 is 0 Å². The van der Waals surface area contributed by atoms with E-state index in [9.17, 15) is 9.59 Å². The first-order chi connectivity index (χ1) is 10.2. The molecule has 1 saturated heterocycles. The van der Waals surface area contributed by atoms with E-state index in [2.05, 4.69) is 5.32 Å². The summed E-state index contributed by atoms with van der Waals surface area (Å²) in [5.74, 6) is 0.409. The molecule has 2 rings (SSSR count). The van der Waals surface area contributed by atoms with Crippen LogP contribution < -0.4 is 11.1 Å². The van der Waals surface area contributed by atoms with Crippen LogP contribution >= 0.6 is 12.4 Å². The van der Waals surface area contributed by atoms with Crippen LogP contribution in [0.15, 0.2) is 0 Å². The topological polar surface area (TPSA) is 84.7 Å². The van der Waals surface area contributed by atoms with Gasteiger partial charge in [-0.05, 0) is 25.3 Å². The van der Waals surface area contributed by atoms with E-state index in [1.807, 2.05) is 0 Å². The molecule has 2 fully saturated rings. The van der Waals surface area contributed by atoms with Crippen LogP contribution in [-0.4, -0.2) is 55.6 Å². The highest BCUT2D eigenvalue weighted by atomic mass is 35.5. The number of hydrogen-bond donors (Lipinski definition) is 2. The fraction of sp³-hybridized carbons (Fsp3) is 0.867. The van der Waals surface area contributed by atoms with Crippen molar-refractivity contribution in [2.45, 2.75) is 44.6 Å². The fourth-order valence-corrected chi connectivity index (χ4v) is 3.15. The van der Waals surface area contributed by atoms with Crippen LogP contribution in [0.1, 0.15) is 38.5 Å². The minimum Gasteiger partial charge on any atom is -0.378 e. The highest BCUT2D eigenvalue weighted by Crippen LogP contribution is 2.23. The zero-order valence-electron chi connectivity index (χ0n) is 13.1. The zero-order valence-corrected chi connectivity index (χ0v) is 13.9. The molecule has 1 saturated carbocycles. The molecular weight excluding hydrogens is 306 g/mol. The summed E-state index contributed by atoms with van der Waals surface area (Å²) in [6.45, 7) is 3.09. The Kier molecular flexibility index (Phi) is 8.75. The maximum Gasteiger partial charge on any atom is 0.223 e. The van der Waals surface area contributed by atoms with E-state index < -0.39 is 0 Å². The van der Waals surface area contributed by atoms with Gasteiger partial charge in [-0.15, -0.1) is 12.4 Å². The number of carbonyl (C=O) groups excluding carboxylic acids is 2. The molecule has 0 bridgehead atoms. The largest absolute Gasteiger partial charge is 0.378 e. The number of rotatable bonds is 5. The lowest BCUT2D eigenvalue weighted by Gasteiger charge is -2.31. The van der Waals surface area contributed by atoms with E-state index in [1.165, 1.54) is 6.42 Å². The molecule has 22 heavy (non-hydrogen) atoms. The van der Waals surface area contributed by atoms with Gasteiger partial charge in [0.05, 0.1) is 13.2 Å². The molecule has 0 aromatic rings. The van der Waals surface area contributed by atoms with Crippen LogP contribution in [0.4, 0.5) is 0 Å². The first kappa shape index (κ1) is 19.2. The van der Waals surface area contributed by atoms with Crippen LogP contribution in [0.25, 0.3) is 0 Å². The van der Waals surface area contributed by atoms with Gasteiger partial charge in [0.1, 0.15) is 0 Å². The maximum atomic E-state index is 12.0. The molecule has 3 N–H and O–H groups in total. The van der Waals surface area contributed by atoms with Gasteiger partial charge in [-0.2, -0.15) is 0 Å². The summed E-state index contributed by atoms with van der Waals surface area (Å²) in [7, 11) is 0. The van der Waals surface area contributed by atoms with Gasteiger partial charge in [-0.1, -0.05) is 12.8 Å². The highest BCUT2D eigenvalue weighted by molar-refractivity contribution is 5.85. The number of nitrogens with one attached hydrogen (secondary N) is 1. The average Bonchev–Trinajstić information content (AvgIpc) is 2.54. The predicted octanol–water partition coefficient (Wildman–Crippen LogP) is 0.681. The van der Waals surface area contributed by atoms with Crippen molar-refractivity contribution in [1.29, 1.82) is 0 Å². The monoisotopic (exact) mass is 333 g/mol. The number of amides is 2. The van der Waals surface area contributed by atoms with Crippen LogP contribution in [0.2, 0.25) is 0 Å². The highest BCUT2D eigenvalue weighted by Gasteiger charge is 2.25. The van der Waals surface area contributed by atoms with Crippen molar-refractivity contribution in [1.82, 2.24) is 10.2 Å². The number of hydrogen-bond acceptors (Lipinski definition) is 4. The van der Waals surface area contributed by atoms with Crippen LogP contribution in [0.5, 0.6) is 0 Å². The Morgan fingerprint density at radius 1 is 1.14 bits per heavy atom. The normalized spacial score (nSPS) is 25.2. The molecule has 0 radical (unpaired) electrons. The molecule has 0 aromatic heterocycles. The zero-order chi connectivity index (χ0) is 15.1. The Hall–Kier alpha value is -0.850. The Morgan fingerprint density at radius 3 is 2.50 bits per heavy atom. The van der Waals surface area contributed by atoms with E-state index in [1.54, 1.807) is 4.90 Å². The first-order valence-electron chi connectivity index (χ1n) is 8.05. The standard InChI is InChI=1S/C15H27N3O3.ClH/c16-11-12-3-1-2-4-13(12)17-14(19)5-6-15(20)18-7-9-21-10-8-18;/h12-13H,1-11,16H2,(H,17,19);1H. The summed E-state index contributed by atoms with van der Waals surface area (Å²) in [6.07, 6.45) is 4.99. The molecule has 1 aliphatic heterocycles. The van der Waals surface area contributed by atoms with Gasteiger partial charge in [0.25, 0.3) is 0 Å². The average molecular weight is 334 g/mol. The predicted molar refractivity (Wildman–Crippen MR) is 86.8 cm³/mol. The van der Waals surface area contributed by atoms with E-state index in [4.69, 9.17) is 10.5 Å². The van der Waals surface area contributed by atoms with Crippen LogP contribution in [0, 0.1) is 5.92 Å². The quantitative estimate of drug-likeness (QED) is 0.775. The number of ether oxygens (including phenoxy) is 1. The van der Waals surface area contributed by atoms with E-state index in [0.717, 1.165) is 19.3 Å². The summed E-state index contributed by atoms with van der Waals surface area (Å²) in [5.41, 5.74) is 5.77. The summed E-state index contributed by atoms with van der Waals surface area (Å²) in [6, 6.07) is 0.190. The molecule has 6 nitrogen and oxygen atoms in total. The summed E-state index contributed by atoms with van der Waals surface area (Å²) < 4.78 is 5.22. The van der Waals surface area contributed by atoms with Gasteiger partial charge in [-0.3, -0.25) is 9.59 Å². The molecule has 2 amide bonds. The summed E-state index contributed by atoms with van der Waals surface area (Å²) >= 11 is 0. The second-order valence-corrected chi connectivity index (χ2v) is 5.95. The van der Waals surface area contributed by atoms with E-state index in [-0.39, 0.29) is 43.1 Å².